The smallest absolute Gasteiger partial charge is 0.301 e. The second-order valence-electron chi connectivity index (χ2n) is 10.2. The van der Waals surface area contributed by atoms with E-state index in [9.17, 15) is 9.59 Å². The third-order valence-corrected chi connectivity index (χ3v) is 10.2. The fourth-order valence-electron chi connectivity index (χ4n) is 5.86. The first-order valence-corrected chi connectivity index (χ1v) is 14.9. The van der Waals surface area contributed by atoms with Crippen LogP contribution < -0.4 is 4.90 Å². The topological polar surface area (TPSA) is 37.4 Å². The summed E-state index contributed by atoms with van der Waals surface area (Å²) in [6.07, 6.45) is 1.55. The van der Waals surface area contributed by atoms with E-state index in [1.165, 1.54) is 22.7 Å². The van der Waals surface area contributed by atoms with E-state index in [-0.39, 0.29) is 28.3 Å². The lowest BCUT2D eigenvalue weighted by Crippen LogP contribution is -2.13. The van der Waals surface area contributed by atoms with Crippen LogP contribution in [0.1, 0.15) is 36.7 Å². The molecule has 2 aliphatic rings. The summed E-state index contributed by atoms with van der Waals surface area (Å²) in [5.74, 6) is -3.86. The number of nitrogens with zero attached hydrogens (tertiary/aromatic N) is 1. The van der Waals surface area contributed by atoms with Crippen LogP contribution in [-0.2, 0) is 5.92 Å². The van der Waals surface area contributed by atoms with Gasteiger partial charge in [-0.2, -0.15) is 8.78 Å². The zero-order chi connectivity index (χ0) is 28.6. The second-order valence-corrected chi connectivity index (χ2v) is 12.4. The number of hydrogen-bond donors (Lipinski definition) is 0. The number of hydrogen-bond acceptors (Lipinski definition) is 5. The summed E-state index contributed by atoms with van der Waals surface area (Å²) in [4.78, 5) is 28.9. The minimum atomic E-state index is -3.21. The number of carbonyl (C=O) groups is 2. The highest BCUT2D eigenvalue weighted by molar-refractivity contribution is 7.30. The Labute approximate surface area is 247 Å². The van der Waals surface area contributed by atoms with Gasteiger partial charge in [-0.25, -0.2) is 0 Å². The molecule has 0 fully saturated rings. The Bertz CT molecular complexity index is 2030. The molecule has 4 aromatic carbocycles. The van der Waals surface area contributed by atoms with E-state index in [4.69, 9.17) is 0 Å². The average Bonchev–Trinajstić information content (AvgIpc) is 3.69. The molecule has 3 nitrogen and oxygen atoms in total. The van der Waals surface area contributed by atoms with Crippen LogP contribution in [0.15, 0.2) is 115 Å². The molecular weight excluding hydrogens is 569 g/mol. The summed E-state index contributed by atoms with van der Waals surface area (Å²) in [7, 11) is 0. The predicted octanol–water partition coefficient (Wildman–Crippen LogP) is 10.0. The van der Waals surface area contributed by atoms with Crippen LogP contribution in [0.2, 0.25) is 0 Å². The van der Waals surface area contributed by atoms with Gasteiger partial charge in [-0.15, -0.1) is 22.7 Å². The largest absolute Gasteiger partial charge is 0.310 e. The van der Waals surface area contributed by atoms with Gasteiger partial charge in [0.05, 0.1) is 15.8 Å². The Morgan fingerprint density at radius 1 is 0.643 bits per heavy atom. The number of Topliss-reactive ketones (excluding diaryl/α,β-unsaturated/α-hetero) is 2. The van der Waals surface area contributed by atoms with Crippen LogP contribution in [0.3, 0.4) is 0 Å². The molecule has 7 heteroatoms. The Hall–Kier alpha value is -4.72. The third-order valence-electron chi connectivity index (χ3n) is 7.76. The van der Waals surface area contributed by atoms with Crippen molar-refractivity contribution < 1.29 is 18.4 Å². The number of thiophene rings is 2. The van der Waals surface area contributed by atoms with E-state index < -0.39 is 5.92 Å². The van der Waals surface area contributed by atoms with Crippen molar-refractivity contribution in [2.45, 2.75) is 5.92 Å². The Kier molecular flexibility index (Phi) is 5.45. The standard InChI is InChI=1S/C35H19F2NO2S2/c36-35(37)28-17-22(38(20-9-3-1-4-10-20)21-11-5-2-6-12-21)15-16-26(28)33-30(35)34-29(42-33)19-23(41-34)18-27-31(39)24-13-7-8-14-25(24)32(27)40/h1-19H. The first-order chi connectivity index (χ1) is 20.4. The van der Waals surface area contributed by atoms with Crippen LogP contribution in [0.5, 0.6) is 0 Å². The van der Waals surface area contributed by atoms with Crippen molar-refractivity contribution in [3.8, 4) is 10.4 Å². The van der Waals surface area contributed by atoms with Gasteiger partial charge in [0, 0.05) is 53.8 Å². The number of carbonyl (C=O) groups excluding carboxylic acids is 2. The highest BCUT2D eigenvalue weighted by atomic mass is 32.1. The number of alkyl halides is 2. The van der Waals surface area contributed by atoms with E-state index in [0.717, 1.165) is 16.1 Å². The van der Waals surface area contributed by atoms with Crippen molar-refractivity contribution in [1.29, 1.82) is 0 Å². The third kappa shape index (κ3) is 3.60. The molecule has 202 valence electrons. The molecule has 0 unspecified atom stereocenters. The maximum Gasteiger partial charge on any atom is 0.301 e. The van der Waals surface area contributed by atoms with Gasteiger partial charge in [0.1, 0.15) is 0 Å². The monoisotopic (exact) mass is 587 g/mol. The molecule has 6 aromatic rings. The van der Waals surface area contributed by atoms with Gasteiger partial charge >= 0.3 is 5.92 Å². The lowest BCUT2D eigenvalue weighted by molar-refractivity contribution is 0.0499. The van der Waals surface area contributed by atoms with E-state index >= 15 is 8.78 Å². The van der Waals surface area contributed by atoms with E-state index in [1.807, 2.05) is 71.6 Å². The maximum absolute atomic E-state index is 16.3. The van der Waals surface area contributed by atoms with Gasteiger partial charge in [0.15, 0.2) is 11.6 Å². The second kappa shape index (κ2) is 9.14. The van der Waals surface area contributed by atoms with Crippen molar-refractivity contribution in [3.63, 3.8) is 0 Å². The molecule has 0 radical (unpaired) electrons. The van der Waals surface area contributed by atoms with Crippen LogP contribution in [0.25, 0.3) is 25.9 Å². The van der Waals surface area contributed by atoms with Gasteiger partial charge in [-0.05, 0) is 48.5 Å². The molecule has 0 saturated heterocycles. The van der Waals surface area contributed by atoms with E-state index in [0.29, 0.717) is 36.8 Å². The van der Waals surface area contributed by atoms with E-state index in [1.54, 1.807) is 48.5 Å². The predicted molar refractivity (Wildman–Crippen MR) is 166 cm³/mol. The molecule has 0 saturated carbocycles. The van der Waals surface area contributed by atoms with Gasteiger partial charge in [0.2, 0.25) is 0 Å². The van der Waals surface area contributed by atoms with Crippen LogP contribution in [-0.4, -0.2) is 11.6 Å². The summed E-state index contributed by atoms with van der Waals surface area (Å²) in [6, 6.07) is 33.2. The van der Waals surface area contributed by atoms with Gasteiger partial charge in [0.25, 0.3) is 0 Å². The molecule has 0 spiro atoms. The fraction of sp³-hybridized carbons (Fsp3) is 0.0286. The Morgan fingerprint density at radius 2 is 1.24 bits per heavy atom. The SMILES string of the molecule is O=C1C(=Cc2cc3sc4c(c3s2)C(F)(F)c2cc(N(c3ccccc3)c3ccccc3)ccc2-4)C(=O)c2ccccc21. The highest BCUT2D eigenvalue weighted by Crippen LogP contribution is 2.59. The van der Waals surface area contributed by atoms with Crippen LogP contribution in [0.4, 0.5) is 25.8 Å². The summed E-state index contributed by atoms with van der Waals surface area (Å²) >= 11 is 2.52. The number of ketones is 2. The lowest BCUT2D eigenvalue weighted by Gasteiger charge is -2.26. The number of rotatable bonds is 4. The van der Waals surface area contributed by atoms with Gasteiger partial charge in [-0.1, -0.05) is 66.7 Å². The molecular formula is C35H19F2NO2S2. The number of benzene rings is 4. The van der Waals surface area contributed by atoms with Gasteiger partial charge < -0.3 is 4.90 Å². The quantitative estimate of drug-likeness (QED) is 0.152. The zero-order valence-corrected chi connectivity index (χ0v) is 23.4. The van der Waals surface area contributed by atoms with E-state index in [2.05, 4.69) is 0 Å². The molecule has 0 amide bonds. The fourth-order valence-corrected chi connectivity index (χ4v) is 8.55. The number of halogens is 2. The van der Waals surface area contributed by atoms with Crippen LogP contribution >= 0.6 is 22.7 Å². The molecule has 0 bridgehead atoms. The molecule has 2 aromatic heterocycles. The number of allylic oxidation sites excluding steroid dienone is 1. The first-order valence-electron chi connectivity index (χ1n) is 13.3. The van der Waals surface area contributed by atoms with Crippen molar-refractivity contribution in [2.24, 2.45) is 0 Å². The first kappa shape index (κ1) is 25.0. The average molecular weight is 588 g/mol. The number of fused-ring (bicyclic) bond motifs is 6. The molecule has 8 rings (SSSR count). The van der Waals surface area contributed by atoms with Crippen molar-refractivity contribution in [3.05, 3.63) is 142 Å². The van der Waals surface area contributed by atoms with Crippen molar-refractivity contribution >= 4 is 66.8 Å². The van der Waals surface area contributed by atoms with Crippen LogP contribution in [0, 0.1) is 0 Å². The van der Waals surface area contributed by atoms with Crippen molar-refractivity contribution in [2.75, 3.05) is 4.90 Å². The molecule has 0 N–H and O–H groups in total. The number of anilines is 3. The maximum atomic E-state index is 16.3. The molecule has 42 heavy (non-hydrogen) atoms. The molecule has 0 atom stereocenters. The minimum Gasteiger partial charge on any atom is -0.310 e. The summed E-state index contributed by atoms with van der Waals surface area (Å²) in [5, 5.41) is 0. The molecule has 0 aliphatic heterocycles. The highest BCUT2D eigenvalue weighted by Gasteiger charge is 2.48. The normalized spacial score (nSPS) is 14.7. The summed E-state index contributed by atoms with van der Waals surface area (Å²) in [5.41, 5.74) is 3.73. The summed E-state index contributed by atoms with van der Waals surface area (Å²) < 4.78 is 33.9. The number of para-hydroxylation sites is 2. The van der Waals surface area contributed by atoms with Gasteiger partial charge in [-0.3, -0.25) is 9.59 Å². The Balaban J connectivity index is 1.21. The molecule has 2 heterocycles. The van der Waals surface area contributed by atoms with Crippen molar-refractivity contribution in [1.82, 2.24) is 0 Å². The summed E-state index contributed by atoms with van der Waals surface area (Å²) in [6.45, 7) is 0. The zero-order valence-electron chi connectivity index (χ0n) is 21.8. The lowest BCUT2D eigenvalue weighted by atomic mass is 10.0. The minimum absolute atomic E-state index is 0.00244. The Morgan fingerprint density at radius 3 is 1.86 bits per heavy atom. The molecule has 2 aliphatic carbocycles.